The molecule has 1 aromatic carbocycles. The Kier molecular flexibility index (Phi) is 7.10. The number of fused-ring (bicyclic) bond motifs is 1. The van der Waals surface area contributed by atoms with Crippen molar-refractivity contribution < 1.29 is 9.21 Å². The van der Waals surface area contributed by atoms with E-state index in [1.54, 1.807) is 0 Å². The zero-order chi connectivity index (χ0) is 16.3. The SMILES string of the molecule is CNCC(C)C(=O)NC(c1oc2ccccc2c1C)C(C)C.Cl. The summed E-state index contributed by atoms with van der Waals surface area (Å²) in [6, 6.07) is 7.88. The molecule has 5 heteroatoms. The first kappa shape index (κ1) is 19.5. The van der Waals surface area contributed by atoms with Crippen LogP contribution in [0.4, 0.5) is 0 Å². The lowest BCUT2D eigenvalue weighted by molar-refractivity contribution is -0.125. The molecular formula is C18H27ClN2O2. The fourth-order valence-corrected chi connectivity index (χ4v) is 2.72. The quantitative estimate of drug-likeness (QED) is 0.841. The van der Waals surface area contributed by atoms with Crippen LogP contribution in [0.5, 0.6) is 0 Å². The third-order valence-electron chi connectivity index (χ3n) is 4.09. The predicted molar refractivity (Wildman–Crippen MR) is 97.0 cm³/mol. The monoisotopic (exact) mass is 338 g/mol. The van der Waals surface area contributed by atoms with Crippen molar-refractivity contribution >= 4 is 29.3 Å². The molecule has 2 unspecified atom stereocenters. The summed E-state index contributed by atoms with van der Waals surface area (Å²) >= 11 is 0. The molecule has 2 N–H and O–H groups in total. The molecule has 0 spiro atoms. The Morgan fingerprint density at radius 2 is 1.87 bits per heavy atom. The number of furan rings is 1. The van der Waals surface area contributed by atoms with E-state index in [4.69, 9.17) is 4.42 Å². The Labute approximate surface area is 144 Å². The summed E-state index contributed by atoms with van der Waals surface area (Å²) in [5, 5.41) is 7.30. The maximum atomic E-state index is 12.4. The van der Waals surface area contributed by atoms with Gasteiger partial charge in [-0.05, 0) is 26.0 Å². The van der Waals surface area contributed by atoms with E-state index in [-0.39, 0.29) is 36.2 Å². The minimum Gasteiger partial charge on any atom is -0.459 e. The molecule has 0 radical (unpaired) electrons. The van der Waals surface area contributed by atoms with E-state index in [0.29, 0.717) is 6.54 Å². The van der Waals surface area contributed by atoms with Gasteiger partial charge in [0.2, 0.25) is 5.91 Å². The van der Waals surface area contributed by atoms with Gasteiger partial charge in [-0.1, -0.05) is 39.0 Å². The number of halogens is 1. The van der Waals surface area contributed by atoms with Crippen LogP contribution >= 0.6 is 12.4 Å². The van der Waals surface area contributed by atoms with Crippen LogP contribution in [0.2, 0.25) is 0 Å². The zero-order valence-electron chi connectivity index (χ0n) is 14.5. The summed E-state index contributed by atoms with van der Waals surface area (Å²) < 4.78 is 6.03. The van der Waals surface area contributed by atoms with Crippen LogP contribution in [0.1, 0.15) is 38.1 Å². The molecule has 2 aromatic rings. The Balaban J connectivity index is 0.00000264. The van der Waals surface area contributed by atoms with Gasteiger partial charge in [-0.2, -0.15) is 0 Å². The minimum absolute atomic E-state index is 0. The van der Waals surface area contributed by atoms with Crippen LogP contribution < -0.4 is 10.6 Å². The van der Waals surface area contributed by atoms with Crippen molar-refractivity contribution in [3.8, 4) is 0 Å². The van der Waals surface area contributed by atoms with E-state index in [2.05, 4.69) is 37.5 Å². The van der Waals surface area contributed by atoms with Crippen molar-refractivity contribution in [3.05, 3.63) is 35.6 Å². The van der Waals surface area contributed by atoms with Crippen LogP contribution in [0.3, 0.4) is 0 Å². The van der Waals surface area contributed by atoms with Crippen molar-refractivity contribution in [1.29, 1.82) is 0 Å². The van der Waals surface area contributed by atoms with Gasteiger partial charge >= 0.3 is 0 Å². The number of carbonyl (C=O) groups is 1. The average Bonchev–Trinajstić information content (AvgIpc) is 2.82. The third-order valence-corrected chi connectivity index (χ3v) is 4.09. The average molecular weight is 339 g/mol. The van der Waals surface area contributed by atoms with Crippen molar-refractivity contribution in [2.24, 2.45) is 11.8 Å². The fourth-order valence-electron chi connectivity index (χ4n) is 2.72. The molecule has 1 heterocycles. The lowest BCUT2D eigenvalue weighted by Crippen LogP contribution is -2.38. The molecule has 1 aromatic heterocycles. The second kappa shape index (κ2) is 8.37. The molecule has 2 atom stereocenters. The van der Waals surface area contributed by atoms with Gasteiger partial charge in [0.1, 0.15) is 11.3 Å². The molecule has 0 aliphatic carbocycles. The molecule has 0 fully saturated rings. The number of hydrogen-bond acceptors (Lipinski definition) is 3. The Morgan fingerprint density at radius 3 is 2.43 bits per heavy atom. The smallest absolute Gasteiger partial charge is 0.224 e. The summed E-state index contributed by atoms with van der Waals surface area (Å²) in [6.07, 6.45) is 0. The molecule has 1 amide bonds. The third kappa shape index (κ3) is 4.27. The first-order chi connectivity index (χ1) is 10.5. The summed E-state index contributed by atoms with van der Waals surface area (Å²) in [4.78, 5) is 12.4. The first-order valence-electron chi connectivity index (χ1n) is 7.88. The molecule has 23 heavy (non-hydrogen) atoms. The largest absolute Gasteiger partial charge is 0.459 e. The molecule has 0 aliphatic heterocycles. The van der Waals surface area contributed by atoms with E-state index < -0.39 is 0 Å². The van der Waals surface area contributed by atoms with Gasteiger partial charge in [0.25, 0.3) is 0 Å². The fraction of sp³-hybridized carbons (Fsp3) is 0.500. The molecule has 4 nitrogen and oxygen atoms in total. The van der Waals surface area contributed by atoms with Crippen LogP contribution in [0.25, 0.3) is 11.0 Å². The van der Waals surface area contributed by atoms with E-state index >= 15 is 0 Å². The molecule has 2 rings (SSSR count). The number of rotatable bonds is 6. The van der Waals surface area contributed by atoms with E-state index in [1.807, 2.05) is 32.2 Å². The van der Waals surface area contributed by atoms with Crippen LogP contribution in [0, 0.1) is 18.8 Å². The van der Waals surface area contributed by atoms with Crippen molar-refractivity contribution in [1.82, 2.24) is 10.6 Å². The Morgan fingerprint density at radius 1 is 1.22 bits per heavy atom. The molecule has 0 aliphatic rings. The summed E-state index contributed by atoms with van der Waals surface area (Å²) in [5.41, 5.74) is 1.98. The molecule has 0 bridgehead atoms. The Hall–Kier alpha value is -1.52. The standard InChI is InChI=1S/C18H26N2O2.ClH/c1-11(2)16(20-18(21)12(3)10-19-5)17-13(4)14-8-6-7-9-15(14)22-17;/h6-9,11-12,16,19H,10H2,1-5H3,(H,20,21);1H. The number of carbonyl (C=O) groups excluding carboxylic acids is 1. The van der Waals surface area contributed by atoms with Crippen LogP contribution in [0.15, 0.2) is 28.7 Å². The van der Waals surface area contributed by atoms with Gasteiger partial charge in [0.15, 0.2) is 0 Å². The number of benzene rings is 1. The number of amides is 1. The van der Waals surface area contributed by atoms with Gasteiger partial charge in [-0.15, -0.1) is 12.4 Å². The van der Waals surface area contributed by atoms with Crippen molar-refractivity contribution in [2.75, 3.05) is 13.6 Å². The molecule has 0 saturated heterocycles. The molecule has 0 saturated carbocycles. The van der Waals surface area contributed by atoms with Crippen molar-refractivity contribution in [3.63, 3.8) is 0 Å². The summed E-state index contributed by atoms with van der Waals surface area (Å²) in [6.45, 7) is 8.84. The predicted octanol–water partition coefficient (Wildman–Crippen LogP) is 3.83. The first-order valence-corrected chi connectivity index (χ1v) is 7.88. The second-order valence-electron chi connectivity index (χ2n) is 6.28. The maximum absolute atomic E-state index is 12.4. The highest BCUT2D eigenvalue weighted by molar-refractivity contribution is 5.85. The molecular weight excluding hydrogens is 312 g/mol. The highest BCUT2D eigenvalue weighted by Gasteiger charge is 2.26. The van der Waals surface area contributed by atoms with Gasteiger partial charge in [-0.3, -0.25) is 4.79 Å². The van der Waals surface area contributed by atoms with Gasteiger partial charge < -0.3 is 15.1 Å². The van der Waals surface area contributed by atoms with Gasteiger partial charge in [0.05, 0.1) is 6.04 Å². The lowest BCUT2D eigenvalue weighted by Gasteiger charge is -2.23. The highest BCUT2D eigenvalue weighted by atomic mass is 35.5. The van der Waals surface area contributed by atoms with E-state index in [0.717, 1.165) is 22.3 Å². The minimum atomic E-state index is -0.112. The maximum Gasteiger partial charge on any atom is 0.224 e. The Bertz CT molecular complexity index is 652. The van der Waals surface area contributed by atoms with Crippen LogP contribution in [-0.2, 0) is 4.79 Å². The highest BCUT2D eigenvalue weighted by Crippen LogP contribution is 2.32. The number of hydrogen-bond donors (Lipinski definition) is 2. The molecule has 128 valence electrons. The topological polar surface area (TPSA) is 54.3 Å². The van der Waals surface area contributed by atoms with Gasteiger partial charge in [0, 0.05) is 23.4 Å². The van der Waals surface area contributed by atoms with E-state index in [1.165, 1.54) is 0 Å². The number of nitrogens with one attached hydrogen (secondary N) is 2. The van der Waals surface area contributed by atoms with Crippen LogP contribution in [-0.4, -0.2) is 19.5 Å². The van der Waals surface area contributed by atoms with E-state index in [9.17, 15) is 4.79 Å². The zero-order valence-corrected chi connectivity index (χ0v) is 15.3. The number of para-hydroxylation sites is 1. The van der Waals surface area contributed by atoms with Crippen molar-refractivity contribution in [2.45, 2.75) is 33.7 Å². The lowest BCUT2D eigenvalue weighted by atomic mass is 9.97. The normalized spacial score (nSPS) is 13.7. The summed E-state index contributed by atoms with van der Waals surface area (Å²) in [5.74, 6) is 1.09. The summed E-state index contributed by atoms with van der Waals surface area (Å²) in [7, 11) is 1.85. The number of aryl methyl sites for hydroxylation is 1. The second-order valence-corrected chi connectivity index (χ2v) is 6.28. The van der Waals surface area contributed by atoms with Gasteiger partial charge in [-0.25, -0.2) is 0 Å².